The van der Waals surface area contributed by atoms with Crippen LogP contribution in [0, 0.1) is 0 Å². The van der Waals surface area contributed by atoms with Crippen molar-refractivity contribution in [2.24, 2.45) is 7.05 Å². The third-order valence-electron chi connectivity index (χ3n) is 2.72. The summed E-state index contributed by atoms with van der Waals surface area (Å²) in [5.74, 6) is 0.657. The lowest BCUT2D eigenvalue weighted by Crippen LogP contribution is -2.15. The van der Waals surface area contributed by atoms with Crippen LogP contribution >= 0.6 is 0 Å². The van der Waals surface area contributed by atoms with Crippen LogP contribution in [0.25, 0.3) is 0 Å². The van der Waals surface area contributed by atoms with Crippen molar-refractivity contribution in [1.82, 2.24) is 4.57 Å². The quantitative estimate of drug-likeness (QED) is 0.895. The maximum atomic E-state index is 12.0. The Hall–Kier alpha value is -2.23. The predicted octanol–water partition coefficient (Wildman–Crippen LogP) is 2.61. The molecule has 1 aromatic carbocycles. The van der Waals surface area contributed by atoms with Gasteiger partial charge in [0.25, 0.3) is 0 Å². The van der Waals surface area contributed by atoms with Crippen molar-refractivity contribution in [1.29, 1.82) is 0 Å². The third kappa shape index (κ3) is 3.61. The van der Waals surface area contributed by atoms with Gasteiger partial charge in [-0.05, 0) is 30.7 Å². The van der Waals surface area contributed by atoms with Crippen LogP contribution in [0.1, 0.15) is 12.5 Å². The molecule has 0 saturated heterocycles. The summed E-state index contributed by atoms with van der Waals surface area (Å²) in [7, 11) is 1.94. The Bertz CT molecular complexity index is 561. The molecular formula is C15H18N2O2. The molecule has 1 aromatic heterocycles. The largest absolute Gasteiger partial charge is 0.492 e. The Kier molecular flexibility index (Phi) is 4.23. The molecule has 0 atom stereocenters. The van der Waals surface area contributed by atoms with Gasteiger partial charge in [0.15, 0.2) is 0 Å². The number of amides is 1. The van der Waals surface area contributed by atoms with Crippen LogP contribution in [0.5, 0.6) is 5.75 Å². The molecule has 1 N–H and O–H groups in total. The van der Waals surface area contributed by atoms with E-state index >= 15 is 0 Å². The fourth-order valence-corrected chi connectivity index (χ4v) is 1.90. The molecule has 4 nitrogen and oxygen atoms in total. The molecule has 0 saturated carbocycles. The first kappa shape index (κ1) is 13.2. The second-order valence-electron chi connectivity index (χ2n) is 4.34. The van der Waals surface area contributed by atoms with Gasteiger partial charge in [0, 0.05) is 19.4 Å². The number of nitrogens with zero attached hydrogens (tertiary/aromatic N) is 1. The van der Waals surface area contributed by atoms with E-state index in [1.54, 1.807) is 0 Å². The number of carbonyl (C=O) groups excluding carboxylic acids is 1. The minimum Gasteiger partial charge on any atom is -0.492 e. The van der Waals surface area contributed by atoms with Crippen molar-refractivity contribution < 1.29 is 9.53 Å². The minimum atomic E-state index is -0.0432. The van der Waals surface area contributed by atoms with Gasteiger partial charge in [-0.1, -0.05) is 12.1 Å². The average molecular weight is 258 g/mol. The third-order valence-corrected chi connectivity index (χ3v) is 2.72. The van der Waals surface area contributed by atoms with Crippen LogP contribution in [0.2, 0.25) is 0 Å². The van der Waals surface area contributed by atoms with Gasteiger partial charge in [-0.3, -0.25) is 4.79 Å². The molecule has 100 valence electrons. The zero-order chi connectivity index (χ0) is 13.7. The normalized spacial score (nSPS) is 10.2. The summed E-state index contributed by atoms with van der Waals surface area (Å²) < 4.78 is 7.40. The maximum Gasteiger partial charge on any atom is 0.228 e. The summed E-state index contributed by atoms with van der Waals surface area (Å²) in [6.07, 6.45) is 4.23. The number of hydrogen-bond donors (Lipinski definition) is 1. The maximum absolute atomic E-state index is 12.0. The van der Waals surface area contributed by atoms with Crippen LogP contribution in [-0.4, -0.2) is 17.1 Å². The molecule has 19 heavy (non-hydrogen) atoms. The number of anilines is 1. The lowest BCUT2D eigenvalue weighted by atomic mass is 10.2. The van der Waals surface area contributed by atoms with E-state index in [9.17, 15) is 4.79 Å². The molecule has 0 aliphatic rings. The highest BCUT2D eigenvalue weighted by atomic mass is 16.5. The van der Waals surface area contributed by atoms with Gasteiger partial charge in [0.1, 0.15) is 5.75 Å². The van der Waals surface area contributed by atoms with Gasteiger partial charge in [-0.15, -0.1) is 0 Å². The SMILES string of the molecule is CCOc1ccccc1NC(=O)Cc1ccn(C)c1. The molecule has 0 spiro atoms. The fourth-order valence-electron chi connectivity index (χ4n) is 1.90. The zero-order valence-electron chi connectivity index (χ0n) is 11.2. The van der Waals surface area contributed by atoms with Crippen molar-refractivity contribution >= 4 is 11.6 Å². The summed E-state index contributed by atoms with van der Waals surface area (Å²) >= 11 is 0. The Labute approximate surface area is 113 Å². The number of hydrogen-bond acceptors (Lipinski definition) is 2. The lowest BCUT2D eigenvalue weighted by Gasteiger charge is -2.10. The van der Waals surface area contributed by atoms with Gasteiger partial charge >= 0.3 is 0 Å². The van der Waals surface area contributed by atoms with E-state index in [2.05, 4.69) is 5.32 Å². The van der Waals surface area contributed by atoms with Crippen LogP contribution in [0.4, 0.5) is 5.69 Å². The van der Waals surface area contributed by atoms with Crippen molar-refractivity contribution in [3.05, 3.63) is 48.3 Å². The minimum absolute atomic E-state index is 0.0432. The molecule has 2 aromatic rings. The second-order valence-corrected chi connectivity index (χ2v) is 4.34. The fraction of sp³-hybridized carbons (Fsp3) is 0.267. The number of aryl methyl sites for hydroxylation is 1. The second kappa shape index (κ2) is 6.09. The summed E-state index contributed by atoms with van der Waals surface area (Å²) in [5.41, 5.74) is 1.71. The number of ether oxygens (including phenoxy) is 1. The number of nitrogens with one attached hydrogen (secondary N) is 1. The predicted molar refractivity (Wildman–Crippen MR) is 75.4 cm³/mol. The smallest absolute Gasteiger partial charge is 0.228 e. The van der Waals surface area contributed by atoms with Gasteiger partial charge < -0.3 is 14.6 Å². The molecule has 1 heterocycles. The molecule has 1 amide bonds. The summed E-state index contributed by atoms with van der Waals surface area (Å²) in [6.45, 7) is 2.49. The van der Waals surface area contributed by atoms with Gasteiger partial charge in [-0.2, -0.15) is 0 Å². The van der Waals surface area contributed by atoms with E-state index < -0.39 is 0 Å². The van der Waals surface area contributed by atoms with Gasteiger partial charge in [0.2, 0.25) is 5.91 Å². The van der Waals surface area contributed by atoms with Gasteiger partial charge in [-0.25, -0.2) is 0 Å². The van der Waals surface area contributed by atoms with E-state index in [0.29, 0.717) is 24.5 Å². The summed E-state index contributed by atoms with van der Waals surface area (Å²) in [6, 6.07) is 9.39. The first-order valence-corrected chi connectivity index (χ1v) is 6.31. The molecule has 0 aliphatic heterocycles. The number of aromatic nitrogens is 1. The highest BCUT2D eigenvalue weighted by Gasteiger charge is 2.08. The Morgan fingerprint density at radius 1 is 1.32 bits per heavy atom. The van der Waals surface area contributed by atoms with Crippen molar-refractivity contribution in [2.45, 2.75) is 13.3 Å². The molecule has 0 fully saturated rings. The van der Waals surface area contributed by atoms with E-state index in [-0.39, 0.29) is 5.91 Å². The van der Waals surface area contributed by atoms with Crippen molar-refractivity contribution in [2.75, 3.05) is 11.9 Å². The lowest BCUT2D eigenvalue weighted by molar-refractivity contribution is -0.115. The molecule has 0 bridgehead atoms. The van der Waals surface area contributed by atoms with Crippen LogP contribution in [0.15, 0.2) is 42.7 Å². The van der Waals surface area contributed by atoms with Gasteiger partial charge in [0.05, 0.1) is 18.7 Å². The standard InChI is InChI=1S/C15H18N2O2/c1-3-19-14-7-5-4-6-13(14)16-15(18)10-12-8-9-17(2)11-12/h4-9,11H,3,10H2,1-2H3,(H,16,18). The van der Waals surface area contributed by atoms with Crippen LogP contribution in [-0.2, 0) is 18.3 Å². The molecule has 0 radical (unpaired) electrons. The van der Waals surface area contributed by atoms with E-state index in [0.717, 1.165) is 5.56 Å². The van der Waals surface area contributed by atoms with Crippen molar-refractivity contribution in [3.8, 4) is 5.75 Å². The topological polar surface area (TPSA) is 43.3 Å². The highest BCUT2D eigenvalue weighted by molar-refractivity contribution is 5.93. The Morgan fingerprint density at radius 3 is 2.79 bits per heavy atom. The number of carbonyl (C=O) groups is 1. The molecule has 2 rings (SSSR count). The first-order chi connectivity index (χ1) is 9.19. The zero-order valence-corrected chi connectivity index (χ0v) is 11.2. The molecular weight excluding hydrogens is 240 g/mol. The molecule has 0 aliphatic carbocycles. The number of benzene rings is 1. The monoisotopic (exact) mass is 258 g/mol. The molecule has 0 unspecified atom stereocenters. The average Bonchev–Trinajstić information content (AvgIpc) is 2.77. The summed E-state index contributed by atoms with van der Waals surface area (Å²) in [4.78, 5) is 12.0. The number of para-hydroxylation sites is 2. The highest BCUT2D eigenvalue weighted by Crippen LogP contribution is 2.23. The first-order valence-electron chi connectivity index (χ1n) is 6.31. The Balaban J connectivity index is 2.02. The number of rotatable bonds is 5. The van der Waals surface area contributed by atoms with E-state index in [1.807, 2.05) is 61.3 Å². The molecule has 4 heteroatoms. The summed E-state index contributed by atoms with van der Waals surface area (Å²) in [5, 5.41) is 2.88. The van der Waals surface area contributed by atoms with E-state index in [1.165, 1.54) is 0 Å². The van der Waals surface area contributed by atoms with Crippen LogP contribution < -0.4 is 10.1 Å². The Morgan fingerprint density at radius 2 is 2.11 bits per heavy atom. The van der Waals surface area contributed by atoms with E-state index in [4.69, 9.17) is 4.74 Å². The van der Waals surface area contributed by atoms with Crippen molar-refractivity contribution in [3.63, 3.8) is 0 Å². The van der Waals surface area contributed by atoms with Crippen LogP contribution in [0.3, 0.4) is 0 Å².